The lowest BCUT2D eigenvalue weighted by molar-refractivity contribution is -0.122. The molecule has 0 aliphatic carbocycles. The molecular weight excluding hydrogens is 526 g/mol. The molecule has 1 aliphatic rings. The third kappa shape index (κ3) is 5.01. The molecule has 3 amide bonds. The average Bonchev–Trinajstić information content (AvgIpc) is 3.69. The van der Waals surface area contributed by atoms with Crippen LogP contribution in [-0.4, -0.2) is 40.2 Å². The number of hydrogen-bond donors (Lipinski definition) is 0. The first kappa shape index (κ1) is 25.2. The van der Waals surface area contributed by atoms with Gasteiger partial charge in [0.15, 0.2) is 0 Å². The van der Waals surface area contributed by atoms with E-state index < -0.39 is 6.04 Å². The van der Waals surface area contributed by atoms with E-state index in [-0.39, 0.29) is 24.1 Å². The predicted octanol–water partition coefficient (Wildman–Crippen LogP) is 6.35. The number of amides is 3. The van der Waals surface area contributed by atoms with E-state index in [9.17, 15) is 14.4 Å². The van der Waals surface area contributed by atoms with Gasteiger partial charge in [-0.05, 0) is 72.3 Å². The van der Waals surface area contributed by atoms with Crippen molar-refractivity contribution in [2.45, 2.75) is 25.8 Å². The Morgan fingerprint density at radius 2 is 1.79 bits per heavy atom. The summed E-state index contributed by atoms with van der Waals surface area (Å²) in [5.41, 5.74) is 4.62. The minimum Gasteiger partial charge on any atom is -0.325 e. The standard InChI is InChI=1S/C31H25N3O3S2/c1-20-9-14-24-27(18-20)39-29(32-24)22-10-12-23(13-11-22)34-28(35)19-25(30(34)36)33(31(37)26-8-5-17-38-26)16-15-21-6-3-2-4-7-21/h2-14,17-18,25H,15-16,19H2,1H3. The number of thiophene rings is 1. The summed E-state index contributed by atoms with van der Waals surface area (Å²) in [5, 5.41) is 2.72. The minimum atomic E-state index is -0.844. The number of anilines is 1. The Labute approximate surface area is 234 Å². The zero-order valence-electron chi connectivity index (χ0n) is 21.2. The van der Waals surface area contributed by atoms with E-state index >= 15 is 0 Å². The molecular formula is C31H25N3O3S2. The lowest BCUT2D eigenvalue weighted by atomic mass is 10.1. The van der Waals surface area contributed by atoms with Crippen molar-refractivity contribution >= 4 is 56.3 Å². The molecule has 1 fully saturated rings. The lowest BCUT2D eigenvalue weighted by Crippen LogP contribution is -2.46. The molecule has 0 saturated carbocycles. The van der Waals surface area contributed by atoms with Crippen molar-refractivity contribution < 1.29 is 14.4 Å². The summed E-state index contributed by atoms with van der Waals surface area (Å²) < 4.78 is 1.12. The first-order valence-electron chi connectivity index (χ1n) is 12.7. The van der Waals surface area contributed by atoms with Gasteiger partial charge in [-0.2, -0.15) is 0 Å². The highest BCUT2D eigenvalue weighted by Gasteiger charge is 2.44. The average molecular weight is 552 g/mol. The Bertz CT molecular complexity index is 1660. The fourth-order valence-corrected chi connectivity index (χ4v) is 6.62. The van der Waals surface area contributed by atoms with Gasteiger partial charge in [-0.25, -0.2) is 9.88 Å². The molecule has 194 valence electrons. The molecule has 1 aliphatic heterocycles. The number of aryl methyl sites for hydroxylation is 1. The number of thiazole rings is 1. The van der Waals surface area contributed by atoms with E-state index in [1.165, 1.54) is 21.8 Å². The molecule has 6 nitrogen and oxygen atoms in total. The summed E-state index contributed by atoms with van der Waals surface area (Å²) in [5.74, 6) is -0.909. The van der Waals surface area contributed by atoms with E-state index in [2.05, 4.69) is 13.0 Å². The second-order valence-corrected chi connectivity index (χ2v) is 11.5. The number of rotatable bonds is 7. The van der Waals surface area contributed by atoms with Gasteiger partial charge in [0.2, 0.25) is 5.91 Å². The number of hydrogen-bond acceptors (Lipinski definition) is 6. The van der Waals surface area contributed by atoms with Crippen LogP contribution in [0.2, 0.25) is 0 Å². The van der Waals surface area contributed by atoms with Gasteiger partial charge in [0.05, 0.1) is 27.2 Å². The van der Waals surface area contributed by atoms with Crippen LogP contribution in [-0.2, 0) is 16.0 Å². The summed E-state index contributed by atoms with van der Waals surface area (Å²) in [4.78, 5) is 48.3. The Kier molecular flexibility index (Phi) is 6.81. The highest BCUT2D eigenvalue weighted by molar-refractivity contribution is 7.21. The van der Waals surface area contributed by atoms with Gasteiger partial charge in [-0.3, -0.25) is 14.4 Å². The van der Waals surface area contributed by atoms with Crippen molar-refractivity contribution in [3.05, 3.63) is 106 Å². The van der Waals surface area contributed by atoms with Gasteiger partial charge < -0.3 is 4.90 Å². The van der Waals surface area contributed by atoms with Crippen molar-refractivity contribution in [2.75, 3.05) is 11.4 Å². The summed E-state index contributed by atoms with van der Waals surface area (Å²) in [6.45, 7) is 2.40. The summed E-state index contributed by atoms with van der Waals surface area (Å²) in [7, 11) is 0. The number of aromatic nitrogens is 1. The van der Waals surface area contributed by atoms with E-state index in [1.54, 1.807) is 34.4 Å². The maximum absolute atomic E-state index is 13.7. The second kappa shape index (κ2) is 10.6. The molecule has 0 spiro atoms. The van der Waals surface area contributed by atoms with Crippen LogP contribution in [0.4, 0.5) is 5.69 Å². The number of carbonyl (C=O) groups excluding carboxylic acids is 3. The van der Waals surface area contributed by atoms with Crippen molar-refractivity contribution in [1.29, 1.82) is 0 Å². The monoisotopic (exact) mass is 551 g/mol. The van der Waals surface area contributed by atoms with Crippen LogP contribution in [0.1, 0.15) is 27.2 Å². The van der Waals surface area contributed by atoms with Crippen molar-refractivity contribution in [3.8, 4) is 10.6 Å². The molecule has 0 bridgehead atoms. The van der Waals surface area contributed by atoms with Crippen molar-refractivity contribution in [3.63, 3.8) is 0 Å². The van der Waals surface area contributed by atoms with Crippen LogP contribution in [0.25, 0.3) is 20.8 Å². The van der Waals surface area contributed by atoms with Gasteiger partial charge in [0.1, 0.15) is 11.0 Å². The third-order valence-corrected chi connectivity index (χ3v) is 8.82. The fourth-order valence-electron chi connectivity index (χ4n) is 4.87. The van der Waals surface area contributed by atoms with E-state index in [0.29, 0.717) is 23.5 Å². The molecule has 8 heteroatoms. The molecule has 39 heavy (non-hydrogen) atoms. The maximum Gasteiger partial charge on any atom is 0.264 e. The molecule has 0 radical (unpaired) electrons. The Hall–Kier alpha value is -4.14. The van der Waals surface area contributed by atoms with E-state index in [0.717, 1.165) is 26.4 Å². The molecule has 3 heterocycles. The largest absolute Gasteiger partial charge is 0.325 e. The van der Waals surface area contributed by atoms with Crippen LogP contribution < -0.4 is 4.90 Å². The first-order chi connectivity index (χ1) is 19.0. The van der Waals surface area contributed by atoms with Gasteiger partial charge in [0, 0.05) is 12.1 Å². The quantitative estimate of drug-likeness (QED) is 0.221. The molecule has 2 aromatic heterocycles. The minimum absolute atomic E-state index is 0.0380. The van der Waals surface area contributed by atoms with Crippen molar-refractivity contribution in [1.82, 2.24) is 9.88 Å². The second-order valence-electron chi connectivity index (χ2n) is 9.54. The molecule has 1 saturated heterocycles. The third-order valence-electron chi connectivity index (χ3n) is 6.89. The molecule has 1 atom stereocenters. The number of carbonyl (C=O) groups is 3. The van der Waals surface area contributed by atoms with E-state index in [4.69, 9.17) is 4.98 Å². The smallest absolute Gasteiger partial charge is 0.264 e. The Morgan fingerprint density at radius 3 is 2.54 bits per heavy atom. The van der Waals surface area contributed by atoms with Crippen LogP contribution in [0.15, 0.2) is 90.3 Å². The number of imide groups is 1. The van der Waals surface area contributed by atoms with Crippen molar-refractivity contribution in [2.24, 2.45) is 0 Å². The molecule has 3 aromatic carbocycles. The van der Waals surface area contributed by atoms with Gasteiger partial charge in [-0.15, -0.1) is 22.7 Å². The summed E-state index contributed by atoms with van der Waals surface area (Å²) in [6.07, 6.45) is 0.552. The van der Waals surface area contributed by atoms with Gasteiger partial charge in [-0.1, -0.05) is 42.5 Å². The predicted molar refractivity (Wildman–Crippen MR) is 156 cm³/mol. The van der Waals surface area contributed by atoms with E-state index in [1.807, 2.05) is 66.0 Å². The first-order valence-corrected chi connectivity index (χ1v) is 14.4. The number of fused-ring (bicyclic) bond motifs is 1. The number of nitrogens with zero attached hydrogens (tertiary/aromatic N) is 3. The Balaban J connectivity index is 1.25. The molecule has 5 aromatic rings. The summed E-state index contributed by atoms with van der Waals surface area (Å²) >= 11 is 2.95. The molecule has 1 unspecified atom stereocenters. The topological polar surface area (TPSA) is 70.6 Å². The van der Waals surface area contributed by atoms with Gasteiger partial charge >= 0.3 is 0 Å². The van der Waals surface area contributed by atoms with Gasteiger partial charge in [0.25, 0.3) is 11.8 Å². The zero-order valence-corrected chi connectivity index (χ0v) is 22.9. The normalized spacial score (nSPS) is 15.3. The number of benzene rings is 3. The summed E-state index contributed by atoms with van der Waals surface area (Å²) in [6, 6.07) is 26.1. The van der Waals surface area contributed by atoms with Crippen LogP contribution in [0.3, 0.4) is 0 Å². The van der Waals surface area contributed by atoms with Crippen LogP contribution in [0.5, 0.6) is 0 Å². The highest BCUT2D eigenvalue weighted by Crippen LogP contribution is 2.33. The molecule has 0 N–H and O–H groups in total. The SMILES string of the molecule is Cc1ccc2nc(-c3ccc(N4C(=O)CC(N(CCc5ccccc5)C(=O)c5cccs5)C4=O)cc3)sc2c1. The fraction of sp³-hybridized carbons (Fsp3) is 0.161. The van der Waals surface area contributed by atoms with Crippen LogP contribution >= 0.6 is 22.7 Å². The zero-order chi connectivity index (χ0) is 26.9. The molecule has 6 rings (SSSR count). The lowest BCUT2D eigenvalue weighted by Gasteiger charge is -2.27. The highest BCUT2D eigenvalue weighted by atomic mass is 32.1. The maximum atomic E-state index is 13.7. The van der Waals surface area contributed by atoms with Crippen LogP contribution in [0, 0.1) is 6.92 Å². The Morgan fingerprint density at radius 1 is 1.00 bits per heavy atom.